The van der Waals surface area contributed by atoms with Crippen molar-refractivity contribution in [2.45, 2.75) is 44.3 Å². The van der Waals surface area contributed by atoms with E-state index < -0.39 is 8.07 Å². The highest BCUT2D eigenvalue weighted by Gasteiger charge is 2.34. The maximum absolute atomic E-state index is 10.9. The molecule has 1 saturated heterocycles. The van der Waals surface area contributed by atoms with Gasteiger partial charge in [0.15, 0.2) is 0 Å². The zero-order chi connectivity index (χ0) is 9.35. The molecule has 0 aliphatic carbocycles. The number of carbonyl (C=O) groups excluding carboxylic acids is 1. The van der Waals surface area contributed by atoms with Crippen molar-refractivity contribution in [3.05, 3.63) is 0 Å². The summed E-state index contributed by atoms with van der Waals surface area (Å²) in [5.41, 5.74) is 5.53. The van der Waals surface area contributed by atoms with Crippen molar-refractivity contribution in [3.63, 3.8) is 0 Å². The third-order valence-corrected chi connectivity index (χ3v) is 3.62. The van der Waals surface area contributed by atoms with Crippen molar-refractivity contribution in [3.8, 4) is 0 Å². The molecule has 0 spiro atoms. The van der Waals surface area contributed by atoms with E-state index in [1.807, 2.05) is 0 Å². The fraction of sp³-hybridized carbons (Fsp3) is 0.875. The number of ether oxygens (including phenoxy) is 1. The lowest BCUT2D eigenvalue weighted by atomic mass is 10.2. The Morgan fingerprint density at radius 1 is 1.58 bits per heavy atom. The minimum absolute atomic E-state index is 0.0965. The molecule has 1 heterocycles. The Morgan fingerprint density at radius 2 is 2.17 bits per heavy atom. The Labute approximate surface area is 74.3 Å². The van der Waals surface area contributed by atoms with Crippen LogP contribution in [0.25, 0.3) is 0 Å². The monoisotopic (exact) mass is 187 g/mol. The van der Waals surface area contributed by atoms with E-state index in [0.717, 1.165) is 6.04 Å². The second-order valence-corrected chi connectivity index (χ2v) is 10.2. The van der Waals surface area contributed by atoms with Crippen LogP contribution >= 0.6 is 0 Å². The van der Waals surface area contributed by atoms with E-state index in [1.165, 1.54) is 0 Å². The van der Waals surface area contributed by atoms with Crippen molar-refractivity contribution < 1.29 is 9.53 Å². The van der Waals surface area contributed by atoms with Gasteiger partial charge in [0.1, 0.15) is 12.1 Å². The average Bonchev–Trinajstić information content (AvgIpc) is 2.07. The van der Waals surface area contributed by atoms with Crippen molar-refractivity contribution >= 4 is 14.0 Å². The Hall–Kier alpha value is -0.353. The predicted octanol–water partition coefficient (Wildman–Crippen LogP) is 0.967. The number of hydrogen-bond acceptors (Lipinski definition) is 3. The first-order chi connectivity index (χ1) is 5.38. The Kier molecular flexibility index (Phi) is 2.58. The molecule has 4 heteroatoms. The molecule has 0 bridgehead atoms. The highest BCUT2D eigenvalue weighted by Crippen LogP contribution is 2.22. The molecule has 0 saturated carbocycles. The largest absolute Gasteiger partial charge is 0.461 e. The minimum atomic E-state index is -1.11. The summed E-state index contributed by atoms with van der Waals surface area (Å²) in [5.74, 6) is -0.224. The van der Waals surface area contributed by atoms with Gasteiger partial charge < -0.3 is 10.5 Å². The van der Waals surface area contributed by atoms with Crippen LogP contribution in [0.2, 0.25) is 25.7 Å². The summed E-state index contributed by atoms with van der Waals surface area (Å²) < 4.78 is 5.12. The van der Waals surface area contributed by atoms with Gasteiger partial charge in [0.25, 0.3) is 0 Å². The first kappa shape index (κ1) is 9.73. The minimum Gasteiger partial charge on any atom is -0.461 e. The lowest BCUT2D eigenvalue weighted by Crippen LogP contribution is -2.27. The van der Waals surface area contributed by atoms with E-state index in [0.29, 0.717) is 6.42 Å². The highest BCUT2D eigenvalue weighted by molar-refractivity contribution is 6.76. The number of carbonyl (C=O) groups is 1. The molecule has 70 valence electrons. The highest BCUT2D eigenvalue weighted by atomic mass is 28.3. The summed E-state index contributed by atoms with van der Waals surface area (Å²) in [6, 6.07) is 0.665. The van der Waals surface area contributed by atoms with Gasteiger partial charge in [0, 0.05) is 14.5 Å². The first-order valence-corrected chi connectivity index (χ1v) is 8.05. The zero-order valence-electron chi connectivity index (χ0n) is 7.96. The predicted molar refractivity (Wildman–Crippen MR) is 50.6 cm³/mol. The zero-order valence-corrected chi connectivity index (χ0v) is 8.96. The molecule has 0 aromatic carbocycles. The van der Waals surface area contributed by atoms with Crippen LogP contribution in [-0.4, -0.2) is 26.2 Å². The molecule has 3 nitrogen and oxygen atoms in total. The second-order valence-electron chi connectivity index (χ2n) is 4.67. The van der Waals surface area contributed by atoms with Gasteiger partial charge in [-0.2, -0.15) is 0 Å². The standard InChI is InChI=1S/C8H17NO2Si/c1-12(2,3)5-6-4-7(9)8(10)11-6/h6-7H,4-5,9H2,1-3H3/t6-,7-/m0/s1. The molecule has 0 aromatic heterocycles. The maximum atomic E-state index is 10.9. The number of cyclic esters (lactones) is 1. The molecule has 0 amide bonds. The van der Waals surface area contributed by atoms with Crippen LogP contribution in [0.1, 0.15) is 6.42 Å². The van der Waals surface area contributed by atoms with Crippen molar-refractivity contribution in [1.29, 1.82) is 0 Å². The average molecular weight is 187 g/mol. The lowest BCUT2D eigenvalue weighted by molar-refractivity contribution is -0.141. The topological polar surface area (TPSA) is 52.3 Å². The van der Waals surface area contributed by atoms with Crippen LogP contribution in [0.4, 0.5) is 0 Å². The van der Waals surface area contributed by atoms with Gasteiger partial charge in [-0.1, -0.05) is 19.6 Å². The molecule has 1 aliphatic heterocycles. The summed E-state index contributed by atoms with van der Waals surface area (Å²) in [5, 5.41) is 0. The second kappa shape index (κ2) is 3.18. The van der Waals surface area contributed by atoms with Crippen LogP contribution in [0.3, 0.4) is 0 Å². The summed E-state index contributed by atoms with van der Waals surface area (Å²) in [7, 11) is -1.11. The van der Waals surface area contributed by atoms with Crippen LogP contribution in [0, 0.1) is 0 Å². The molecule has 1 fully saturated rings. The van der Waals surface area contributed by atoms with Crippen molar-refractivity contribution in [2.24, 2.45) is 5.73 Å². The fourth-order valence-corrected chi connectivity index (χ4v) is 3.10. The van der Waals surface area contributed by atoms with E-state index in [1.54, 1.807) is 0 Å². The van der Waals surface area contributed by atoms with E-state index in [2.05, 4.69) is 19.6 Å². The van der Waals surface area contributed by atoms with E-state index in [9.17, 15) is 4.79 Å². The van der Waals surface area contributed by atoms with Crippen LogP contribution in [0.15, 0.2) is 0 Å². The lowest BCUT2D eigenvalue weighted by Gasteiger charge is -2.19. The maximum Gasteiger partial charge on any atom is 0.323 e. The van der Waals surface area contributed by atoms with Crippen molar-refractivity contribution in [2.75, 3.05) is 0 Å². The molecule has 0 radical (unpaired) electrons. The molecular formula is C8H17NO2Si. The van der Waals surface area contributed by atoms with E-state index in [-0.39, 0.29) is 18.1 Å². The summed E-state index contributed by atoms with van der Waals surface area (Å²) in [6.45, 7) is 6.81. The molecule has 1 aliphatic rings. The Morgan fingerprint density at radius 3 is 2.50 bits per heavy atom. The summed E-state index contributed by atoms with van der Waals surface area (Å²) in [4.78, 5) is 10.9. The third-order valence-electron chi connectivity index (χ3n) is 1.94. The van der Waals surface area contributed by atoms with Crippen LogP contribution < -0.4 is 5.73 Å². The SMILES string of the molecule is C[Si](C)(C)C[C@@H]1C[C@H](N)C(=O)O1. The van der Waals surface area contributed by atoms with Gasteiger partial charge in [-0.05, 0) is 6.04 Å². The first-order valence-electron chi connectivity index (χ1n) is 4.34. The summed E-state index contributed by atoms with van der Waals surface area (Å²) >= 11 is 0. The number of rotatable bonds is 2. The van der Waals surface area contributed by atoms with E-state index >= 15 is 0 Å². The molecular weight excluding hydrogens is 170 g/mol. The van der Waals surface area contributed by atoms with Gasteiger partial charge >= 0.3 is 5.97 Å². The number of esters is 1. The third kappa shape index (κ3) is 2.60. The van der Waals surface area contributed by atoms with Gasteiger partial charge in [-0.3, -0.25) is 4.79 Å². The quantitative estimate of drug-likeness (QED) is 0.517. The van der Waals surface area contributed by atoms with Crippen LogP contribution in [-0.2, 0) is 9.53 Å². The van der Waals surface area contributed by atoms with Gasteiger partial charge in [0.2, 0.25) is 0 Å². The Bertz CT molecular complexity index is 188. The fourth-order valence-electron chi connectivity index (χ4n) is 1.49. The number of nitrogens with two attached hydrogens (primary N) is 1. The van der Waals surface area contributed by atoms with Gasteiger partial charge in [-0.15, -0.1) is 0 Å². The van der Waals surface area contributed by atoms with Gasteiger partial charge in [-0.25, -0.2) is 0 Å². The number of hydrogen-bond donors (Lipinski definition) is 1. The molecule has 0 aromatic rings. The smallest absolute Gasteiger partial charge is 0.323 e. The molecule has 1 rings (SSSR count). The normalized spacial score (nSPS) is 30.5. The van der Waals surface area contributed by atoms with Crippen molar-refractivity contribution in [1.82, 2.24) is 0 Å². The molecule has 0 unspecified atom stereocenters. The Balaban J connectivity index is 2.43. The molecule has 2 atom stereocenters. The summed E-state index contributed by atoms with van der Waals surface area (Å²) in [6.07, 6.45) is 0.808. The molecule has 2 N–H and O–H groups in total. The van der Waals surface area contributed by atoms with Gasteiger partial charge in [0.05, 0.1) is 0 Å². The molecule has 12 heavy (non-hydrogen) atoms. The van der Waals surface area contributed by atoms with Crippen LogP contribution in [0.5, 0.6) is 0 Å². The van der Waals surface area contributed by atoms with E-state index in [4.69, 9.17) is 10.5 Å².